The van der Waals surface area contributed by atoms with E-state index >= 15 is 0 Å². The first-order valence-electron chi connectivity index (χ1n) is 8.06. The van der Waals surface area contributed by atoms with Gasteiger partial charge in [0.25, 0.3) is 0 Å². The third-order valence-corrected chi connectivity index (χ3v) is 5.23. The Labute approximate surface area is 140 Å². The molecule has 0 aromatic carbocycles. The number of carboxylic acid groups (broad SMARTS) is 1. The van der Waals surface area contributed by atoms with E-state index in [0.717, 1.165) is 17.8 Å². The lowest BCUT2D eigenvalue weighted by Crippen LogP contribution is -2.40. The number of amides is 1. The Bertz CT molecular complexity index is 614. The summed E-state index contributed by atoms with van der Waals surface area (Å²) < 4.78 is 5.55. The van der Waals surface area contributed by atoms with Gasteiger partial charge in [0.05, 0.1) is 5.56 Å². The highest BCUT2D eigenvalue weighted by Crippen LogP contribution is 2.48. The molecule has 0 aliphatic heterocycles. The summed E-state index contributed by atoms with van der Waals surface area (Å²) in [5.74, 6) is -0.0484. The van der Waals surface area contributed by atoms with Gasteiger partial charge in [-0.25, -0.2) is 9.59 Å². The first-order valence-corrected chi connectivity index (χ1v) is 8.94. The van der Waals surface area contributed by atoms with Crippen LogP contribution in [0.4, 0.5) is 4.79 Å². The van der Waals surface area contributed by atoms with Gasteiger partial charge in [-0.3, -0.25) is 0 Å². The lowest BCUT2D eigenvalue weighted by atomic mass is 10.2. The Hall–Kier alpha value is -1.56. The number of hydrogen-bond acceptors (Lipinski definition) is 4. The maximum absolute atomic E-state index is 12.5. The van der Waals surface area contributed by atoms with Crippen molar-refractivity contribution in [3.63, 3.8) is 0 Å². The number of carboxylic acids is 1. The van der Waals surface area contributed by atoms with Crippen molar-refractivity contribution in [3.8, 4) is 0 Å². The van der Waals surface area contributed by atoms with Crippen molar-refractivity contribution in [2.75, 3.05) is 6.54 Å². The van der Waals surface area contributed by atoms with Gasteiger partial charge >= 0.3 is 12.1 Å². The van der Waals surface area contributed by atoms with E-state index in [1.165, 1.54) is 24.2 Å². The minimum Gasteiger partial charge on any atom is -0.478 e. The van der Waals surface area contributed by atoms with E-state index in [9.17, 15) is 9.59 Å². The van der Waals surface area contributed by atoms with Crippen molar-refractivity contribution in [3.05, 3.63) is 21.9 Å². The first kappa shape index (κ1) is 16.3. The smallest absolute Gasteiger partial charge is 0.410 e. The van der Waals surface area contributed by atoms with Crippen LogP contribution in [0.3, 0.4) is 0 Å². The number of carbonyl (C=O) groups excluding carboxylic acids is 1. The second kappa shape index (κ2) is 5.82. The molecule has 1 aromatic rings. The molecule has 1 amide bonds. The molecule has 2 aliphatic rings. The molecule has 23 heavy (non-hydrogen) atoms. The molecule has 0 unspecified atom stereocenters. The molecule has 2 aliphatic carbocycles. The van der Waals surface area contributed by atoms with Crippen LogP contribution in [-0.2, 0) is 4.74 Å². The summed E-state index contributed by atoms with van der Waals surface area (Å²) in [6.07, 6.45) is 3.01. The molecule has 2 atom stereocenters. The highest BCUT2D eigenvalue weighted by atomic mass is 32.1. The van der Waals surface area contributed by atoms with Gasteiger partial charge in [-0.05, 0) is 52.0 Å². The Morgan fingerprint density at radius 1 is 1.39 bits per heavy atom. The average molecular weight is 337 g/mol. The Morgan fingerprint density at radius 2 is 2.09 bits per heavy atom. The molecule has 0 saturated heterocycles. The summed E-state index contributed by atoms with van der Waals surface area (Å²) in [6, 6.07) is 1.88. The molecule has 1 heterocycles. The van der Waals surface area contributed by atoms with E-state index in [0.29, 0.717) is 11.5 Å². The Balaban J connectivity index is 1.68. The summed E-state index contributed by atoms with van der Waals surface area (Å²) in [5, 5.41) is 10.7. The molecule has 0 bridgehead atoms. The van der Waals surface area contributed by atoms with Crippen LogP contribution in [-0.4, -0.2) is 40.3 Å². The van der Waals surface area contributed by atoms with Gasteiger partial charge in [-0.15, -0.1) is 11.3 Å². The van der Waals surface area contributed by atoms with Crippen molar-refractivity contribution in [1.29, 1.82) is 0 Å². The fraction of sp³-hybridized carbons (Fsp3) is 0.647. The SMILES string of the molecule is CC(C)(C)OC(=O)N(CC1CC1)[C@@H]1C[C@H]1c1cc(C(=O)O)cs1. The number of ether oxygens (including phenoxy) is 1. The van der Waals surface area contributed by atoms with Crippen molar-refractivity contribution >= 4 is 23.4 Å². The number of carbonyl (C=O) groups is 2. The highest BCUT2D eigenvalue weighted by Gasteiger charge is 2.48. The van der Waals surface area contributed by atoms with Crippen LogP contribution in [0.25, 0.3) is 0 Å². The largest absolute Gasteiger partial charge is 0.478 e. The zero-order chi connectivity index (χ0) is 16.8. The molecule has 1 aromatic heterocycles. The van der Waals surface area contributed by atoms with Crippen LogP contribution in [0.5, 0.6) is 0 Å². The number of hydrogen-bond donors (Lipinski definition) is 1. The Morgan fingerprint density at radius 3 is 2.61 bits per heavy atom. The van der Waals surface area contributed by atoms with Gasteiger partial charge in [0.2, 0.25) is 0 Å². The lowest BCUT2D eigenvalue weighted by molar-refractivity contribution is 0.0220. The summed E-state index contributed by atoms with van der Waals surface area (Å²) in [4.78, 5) is 26.4. The molecule has 0 spiro atoms. The van der Waals surface area contributed by atoms with Crippen molar-refractivity contribution < 1.29 is 19.4 Å². The number of rotatable bonds is 5. The van der Waals surface area contributed by atoms with Gasteiger partial charge in [0.15, 0.2) is 0 Å². The molecular weight excluding hydrogens is 314 g/mol. The van der Waals surface area contributed by atoms with E-state index in [1.807, 2.05) is 25.7 Å². The molecular formula is C17H23NO4S. The van der Waals surface area contributed by atoms with Crippen molar-refractivity contribution in [1.82, 2.24) is 4.90 Å². The minimum atomic E-state index is -0.897. The maximum Gasteiger partial charge on any atom is 0.410 e. The van der Waals surface area contributed by atoms with Crippen molar-refractivity contribution in [2.24, 2.45) is 5.92 Å². The number of nitrogens with zero attached hydrogens (tertiary/aromatic N) is 1. The molecule has 126 valence electrons. The maximum atomic E-state index is 12.5. The van der Waals surface area contributed by atoms with Crippen LogP contribution in [0.1, 0.15) is 61.2 Å². The van der Waals surface area contributed by atoms with Crippen LogP contribution >= 0.6 is 11.3 Å². The van der Waals surface area contributed by atoms with Gasteiger partial charge in [0, 0.05) is 28.8 Å². The van der Waals surface area contributed by atoms with E-state index in [2.05, 4.69) is 0 Å². The number of thiophene rings is 1. The third-order valence-electron chi connectivity index (χ3n) is 4.17. The molecule has 6 heteroatoms. The molecule has 1 N–H and O–H groups in total. The van der Waals surface area contributed by atoms with Gasteiger partial charge in [-0.1, -0.05) is 0 Å². The van der Waals surface area contributed by atoms with Crippen LogP contribution in [0, 0.1) is 5.92 Å². The lowest BCUT2D eigenvalue weighted by Gasteiger charge is -2.28. The predicted octanol–water partition coefficient (Wildman–Crippen LogP) is 3.95. The predicted molar refractivity (Wildman–Crippen MR) is 88.1 cm³/mol. The average Bonchev–Trinajstić information content (AvgIpc) is 3.33. The highest BCUT2D eigenvalue weighted by molar-refractivity contribution is 7.10. The van der Waals surface area contributed by atoms with Gasteiger partial charge < -0.3 is 14.7 Å². The molecule has 5 nitrogen and oxygen atoms in total. The fourth-order valence-electron chi connectivity index (χ4n) is 2.74. The topological polar surface area (TPSA) is 66.8 Å². The summed E-state index contributed by atoms with van der Waals surface area (Å²) in [7, 11) is 0. The molecule has 2 saturated carbocycles. The zero-order valence-electron chi connectivity index (χ0n) is 13.7. The normalized spacial score (nSPS) is 23.4. The molecule has 2 fully saturated rings. The Kier molecular flexibility index (Phi) is 4.12. The van der Waals surface area contributed by atoms with E-state index in [1.54, 1.807) is 11.4 Å². The number of aromatic carboxylic acids is 1. The summed E-state index contributed by atoms with van der Waals surface area (Å²) >= 11 is 1.47. The van der Waals surface area contributed by atoms with E-state index in [4.69, 9.17) is 9.84 Å². The van der Waals surface area contributed by atoms with Gasteiger partial charge in [-0.2, -0.15) is 0 Å². The van der Waals surface area contributed by atoms with E-state index < -0.39 is 11.6 Å². The van der Waals surface area contributed by atoms with Crippen LogP contribution in [0.15, 0.2) is 11.4 Å². The second-order valence-electron chi connectivity index (χ2n) is 7.53. The van der Waals surface area contributed by atoms with Crippen LogP contribution < -0.4 is 0 Å². The summed E-state index contributed by atoms with van der Waals surface area (Å²) in [6.45, 7) is 6.39. The van der Waals surface area contributed by atoms with Crippen LogP contribution in [0.2, 0.25) is 0 Å². The standard InChI is InChI=1S/C17H23NO4S/c1-17(2,3)22-16(21)18(8-10-4-5-10)13-7-12(13)14-6-11(9-23-14)15(19)20/h6,9-10,12-13H,4-5,7-8H2,1-3H3,(H,19,20)/t12-,13-/m1/s1. The monoisotopic (exact) mass is 337 g/mol. The molecule has 3 rings (SSSR count). The zero-order valence-corrected chi connectivity index (χ0v) is 14.6. The minimum absolute atomic E-state index is 0.144. The third kappa shape index (κ3) is 4.05. The quantitative estimate of drug-likeness (QED) is 0.883. The first-order chi connectivity index (χ1) is 10.7. The fourth-order valence-corrected chi connectivity index (χ4v) is 3.79. The van der Waals surface area contributed by atoms with E-state index in [-0.39, 0.29) is 18.1 Å². The molecule has 0 radical (unpaired) electrons. The summed E-state index contributed by atoms with van der Waals surface area (Å²) in [5.41, 5.74) is -0.162. The second-order valence-corrected chi connectivity index (χ2v) is 8.47. The van der Waals surface area contributed by atoms with Gasteiger partial charge in [0.1, 0.15) is 5.60 Å². The van der Waals surface area contributed by atoms with Crippen molar-refractivity contribution in [2.45, 2.75) is 57.6 Å².